The molecule has 1 unspecified atom stereocenters. The first kappa shape index (κ1) is 10.5. The van der Waals surface area contributed by atoms with Crippen LogP contribution in [-0.2, 0) is 4.79 Å². The quantitative estimate of drug-likeness (QED) is 0.606. The summed E-state index contributed by atoms with van der Waals surface area (Å²) in [6, 6.07) is -0.985. The molecule has 1 atom stereocenters. The van der Waals surface area contributed by atoms with E-state index in [0.717, 1.165) is 10.9 Å². The van der Waals surface area contributed by atoms with Gasteiger partial charge < -0.3 is 15.2 Å². The number of nitro groups is 1. The molecule has 0 amide bonds. The molecule has 0 aromatic carbocycles. The molecule has 76 valence electrons. The molecule has 7 nitrogen and oxygen atoms in total. The first-order chi connectivity index (χ1) is 6.43. The zero-order valence-corrected chi connectivity index (χ0v) is 7.80. The van der Waals surface area contributed by atoms with E-state index in [2.05, 4.69) is 5.10 Å². The number of aromatic nitrogens is 2. The number of carboxylic acids is 1. The highest BCUT2D eigenvalue weighted by Crippen LogP contribution is 2.23. The zero-order chi connectivity index (χ0) is 10.9. The Hall–Kier alpha value is -1.63. The first-order valence-corrected chi connectivity index (χ1v) is 3.93. The third-order valence-corrected chi connectivity index (χ3v) is 1.86. The Bertz CT molecular complexity index is 388. The van der Waals surface area contributed by atoms with Crippen LogP contribution >= 0.6 is 11.6 Å². The standard InChI is InChI=1S/C6H6ClN3O4/c1-3(6(11)12)9-2-4(7)5(8-9)10(13)14/h2-3H,1H3,(H,11,12). The van der Waals surface area contributed by atoms with Gasteiger partial charge in [0.2, 0.25) is 0 Å². The lowest BCUT2D eigenvalue weighted by atomic mass is 10.4. The van der Waals surface area contributed by atoms with E-state index < -0.39 is 22.8 Å². The number of hydrogen-bond acceptors (Lipinski definition) is 4. The van der Waals surface area contributed by atoms with Crippen LogP contribution in [0.3, 0.4) is 0 Å². The Morgan fingerprint density at radius 3 is 2.79 bits per heavy atom. The average Bonchev–Trinajstić information content (AvgIpc) is 2.45. The maximum atomic E-state index is 10.5. The second-order valence-electron chi connectivity index (χ2n) is 2.55. The molecule has 1 rings (SSSR count). The molecule has 0 saturated heterocycles. The van der Waals surface area contributed by atoms with E-state index in [4.69, 9.17) is 16.7 Å². The number of aliphatic carboxylic acids is 1. The molecule has 0 fully saturated rings. The topological polar surface area (TPSA) is 98.3 Å². The van der Waals surface area contributed by atoms with Crippen LogP contribution in [0.2, 0.25) is 5.02 Å². The first-order valence-electron chi connectivity index (χ1n) is 3.55. The predicted molar refractivity (Wildman–Crippen MR) is 46.2 cm³/mol. The van der Waals surface area contributed by atoms with Crippen LogP contribution < -0.4 is 0 Å². The van der Waals surface area contributed by atoms with Crippen LogP contribution in [0.1, 0.15) is 13.0 Å². The molecule has 1 aromatic heterocycles. The predicted octanol–water partition coefficient (Wildman–Crippen LogP) is 1.09. The van der Waals surface area contributed by atoms with E-state index in [1.807, 2.05) is 0 Å². The number of rotatable bonds is 3. The van der Waals surface area contributed by atoms with Crippen molar-refractivity contribution >= 4 is 23.4 Å². The molecule has 1 aromatic rings. The SMILES string of the molecule is CC(C(=O)O)n1cc(Cl)c([N+](=O)[O-])n1. The number of carbonyl (C=O) groups is 1. The number of carboxylic acid groups (broad SMARTS) is 1. The van der Waals surface area contributed by atoms with Crippen LogP contribution in [0.15, 0.2) is 6.20 Å². The largest absolute Gasteiger partial charge is 0.480 e. The van der Waals surface area contributed by atoms with E-state index in [-0.39, 0.29) is 5.02 Å². The summed E-state index contributed by atoms with van der Waals surface area (Å²) in [7, 11) is 0. The Labute approximate surface area is 83.0 Å². The summed E-state index contributed by atoms with van der Waals surface area (Å²) in [4.78, 5) is 20.1. The van der Waals surface area contributed by atoms with Gasteiger partial charge in [0.05, 0.1) is 11.3 Å². The summed E-state index contributed by atoms with van der Waals surface area (Å²) >= 11 is 5.47. The minimum atomic E-state index is -1.14. The maximum Gasteiger partial charge on any atom is 0.408 e. The highest BCUT2D eigenvalue weighted by molar-refractivity contribution is 6.32. The maximum absolute atomic E-state index is 10.5. The third-order valence-electron chi connectivity index (χ3n) is 1.60. The molecule has 0 spiro atoms. The van der Waals surface area contributed by atoms with E-state index in [0.29, 0.717) is 0 Å². The van der Waals surface area contributed by atoms with E-state index >= 15 is 0 Å². The molecule has 14 heavy (non-hydrogen) atoms. The Morgan fingerprint density at radius 1 is 1.86 bits per heavy atom. The Kier molecular flexibility index (Phi) is 2.70. The van der Waals surface area contributed by atoms with Gasteiger partial charge in [-0.15, -0.1) is 0 Å². The minimum Gasteiger partial charge on any atom is -0.480 e. The summed E-state index contributed by atoms with van der Waals surface area (Å²) in [6.45, 7) is 1.34. The van der Waals surface area contributed by atoms with Crippen molar-refractivity contribution in [3.8, 4) is 0 Å². The van der Waals surface area contributed by atoms with Crippen molar-refractivity contribution in [2.75, 3.05) is 0 Å². The van der Waals surface area contributed by atoms with Crippen molar-refractivity contribution in [3.05, 3.63) is 21.3 Å². The molecule has 0 saturated carbocycles. The fraction of sp³-hybridized carbons (Fsp3) is 0.333. The highest BCUT2D eigenvalue weighted by atomic mass is 35.5. The molecular weight excluding hydrogens is 214 g/mol. The van der Waals surface area contributed by atoms with Gasteiger partial charge in [0, 0.05) is 0 Å². The second kappa shape index (κ2) is 3.62. The molecule has 0 aliphatic carbocycles. The monoisotopic (exact) mass is 219 g/mol. The van der Waals surface area contributed by atoms with Crippen molar-refractivity contribution in [2.45, 2.75) is 13.0 Å². The molecule has 1 heterocycles. The van der Waals surface area contributed by atoms with Crippen LogP contribution in [-0.4, -0.2) is 25.8 Å². The van der Waals surface area contributed by atoms with Gasteiger partial charge in [-0.1, -0.05) is 11.6 Å². The molecule has 0 bridgehead atoms. The van der Waals surface area contributed by atoms with E-state index in [9.17, 15) is 14.9 Å². The molecule has 0 aliphatic heterocycles. The lowest BCUT2D eigenvalue weighted by Gasteiger charge is -1.99. The van der Waals surface area contributed by atoms with Gasteiger partial charge in [-0.05, 0) is 11.8 Å². The molecule has 1 N–H and O–H groups in total. The van der Waals surface area contributed by atoms with Gasteiger partial charge in [-0.25, -0.2) is 4.79 Å². The molecule has 0 aliphatic rings. The normalized spacial score (nSPS) is 12.4. The number of halogens is 1. The van der Waals surface area contributed by atoms with Gasteiger partial charge in [0.1, 0.15) is 0 Å². The van der Waals surface area contributed by atoms with Gasteiger partial charge in [-0.2, -0.15) is 4.68 Å². The Balaban J connectivity index is 3.08. The van der Waals surface area contributed by atoms with Crippen LogP contribution in [0, 0.1) is 10.1 Å². The number of hydrogen-bond donors (Lipinski definition) is 1. The molecule has 0 radical (unpaired) electrons. The van der Waals surface area contributed by atoms with Crippen LogP contribution in [0.4, 0.5) is 5.82 Å². The second-order valence-corrected chi connectivity index (χ2v) is 2.96. The fourth-order valence-corrected chi connectivity index (χ4v) is 1.00. The molecular formula is C6H6ClN3O4. The van der Waals surface area contributed by atoms with Crippen molar-refractivity contribution < 1.29 is 14.8 Å². The van der Waals surface area contributed by atoms with Crippen molar-refractivity contribution in [1.29, 1.82) is 0 Å². The zero-order valence-electron chi connectivity index (χ0n) is 7.05. The van der Waals surface area contributed by atoms with Crippen molar-refractivity contribution in [3.63, 3.8) is 0 Å². The van der Waals surface area contributed by atoms with Crippen molar-refractivity contribution in [2.24, 2.45) is 0 Å². The minimum absolute atomic E-state index is 0.178. The highest BCUT2D eigenvalue weighted by Gasteiger charge is 2.24. The summed E-state index contributed by atoms with van der Waals surface area (Å²) in [5, 5.41) is 22.2. The summed E-state index contributed by atoms with van der Waals surface area (Å²) < 4.78 is 0.933. The van der Waals surface area contributed by atoms with Gasteiger partial charge >= 0.3 is 11.8 Å². The fourth-order valence-electron chi connectivity index (χ4n) is 0.795. The third kappa shape index (κ3) is 1.82. The summed E-state index contributed by atoms with van der Waals surface area (Å²) in [5.41, 5.74) is 0. The molecule has 8 heteroatoms. The summed E-state index contributed by atoms with van der Waals surface area (Å²) in [5.74, 6) is -1.68. The van der Waals surface area contributed by atoms with Gasteiger partial charge in [-0.3, -0.25) is 0 Å². The smallest absolute Gasteiger partial charge is 0.408 e. The average molecular weight is 220 g/mol. The van der Waals surface area contributed by atoms with Crippen LogP contribution in [0.5, 0.6) is 0 Å². The lowest BCUT2D eigenvalue weighted by molar-refractivity contribution is -0.389. The summed E-state index contributed by atoms with van der Waals surface area (Å²) in [6.07, 6.45) is 1.11. The number of nitrogens with zero attached hydrogens (tertiary/aromatic N) is 3. The van der Waals surface area contributed by atoms with E-state index in [1.54, 1.807) is 0 Å². The van der Waals surface area contributed by atoms with Crippen molar-refractivity contribution in [1.82, 2.24) is 9.78 Å². The van der Waals surface area contributed by atoms with Crippen LogP contribution in [0.25, 0.3) is 0 Å². The Morgan fingerprint density at radius 2 is 2.43 bits per heavy atom. The van der Waals surface area contributed by atoms with E-state index in [1.165, 1.54) is 6.92 Å². The lowest BCUT2D eigenvalue weighted by Crippen LogP contribution is -2.16. The van der Waals surface area contributed by atoms with Gasteiger partial charge in [0.15, 0.2) is 11.1 Å². The van der Waals surface area contributed by atoms with Gasteiger partial charge in [0.25, 0.3) is 0 Å².